The number of hydrogen-bond acceptors (Lipinski definition) is 3. The monoisotopic (exact) mass is 541 g/mol. The van der Waals surface area contributed by atoms with E-state index in [0.717, 1.165) is 30.4 Å². The van der Waals surface area contributed by atoms with E-state index in [0.29, 0.717) is 11.6 Å². The minimum absolute atomic E-state index is 0. The van der Waals surface area contributed by atoms with E-state index in [1.54, 1.807) is 7.05 Å². The lowest BCUT2D eigenvalue weighted by molar-refractivity contribution is 0.0963. The van der Waals surface area contributed by atoms with Gasteiger partial charge < -0.3 is 20.9 Å². The maximum absolute atomic E-state index is 11.8. The number of nitrogens with one attached hydrogen (secondary N) is 3. The standard InChI is InChI=1S/C24H39N5O.HI/c1-25-23(30)21-10-6-9-19(17-21)11-14-27-24(26-2)28-22-12-15-29(16-13-22)18-20-7-4-3-5-8-20;/h6,9-10,17,20,22H,3-5,7-8,11-16,18H2,1-2H3,(H,25,30)(H2,26,27,28);1H. The summed E-state index contributed by atoms with van der Waals surface area (Å²) in [5, 5.41) is 9.71. The van der Waals surface area contributed by atoms with Crippen LogP contribution in [0.5, 0.6) is 0 Å². The largest absolute Gasteiger partial charge is 0.356 e. The number of carbonyl (C=O) groups is 1. The van der Waals surface area contributed by atoms with Gasteiger partial charge in [-0.2, -0.15) is 0 Å². The van der Waals surface area contributed by atoms with Crippen molar-refractivity contribution in [2.45, 2.75) is 57.4 Å². The molecule has 1 aliphatic heterocycles. The molecule has 1 aliphatic carbocycles. The van der Waals surface area contributed by atoms with Crippen molar-refractivity contribution in [3.8, 4) is 0 Å². The number of hydrogen-bond donors (Lipinski definition) is 3. The lowest BCUT2D eigenvalue weighted by atomic mass is 9.88. The summed E-state index contributed by atoms with van der Waals surface area (Å²) in [6, 6.07) is 8.30. The fourth-order valence-corrected chi connectivity index (χ4v) is 4.72. The number of likely N-dealkylation sites (tertiary alicyclic amines) is 1. The average Bonchev–Trinajstić information content (AvgIpc) is 2.80. The third-order valence-electron chi connectivity index (χ3n) is 6.52. The van der Waals surface area contributed by atoms with E-state index in [1.807, 2.05) is 25.2 Å². The number of aliphatic imine (C=N–C) groups is 1. The van der Waals surface area contributed by atoms with Gasteiger partial charge in [-0.3, -0.25) is 9.79 Å². The highest BCUT2D eigenvalue weighted by molar-refractivity contribution is 14.0. The third kappa shape index (κ3) is 8.60. The molecule has 1 amide bonds. The predicted octanol–water partition coefficient (Wildman–Crippen LogP) is 3.42. The Kier molecular flexibility index (Phi) is 11.6. The minimum atomic E-state index is -0.0443. The molecule has 1 aromatic carbocycles. The first-order valence-corrected chi connectivity index (χ1v) is 11.7. The van der Waals surface area contributed by atoms with E-state index in [4.69, 9.17) is 0 Å². The molecule has 0 bridgehead atoms. The van der Waals surface area contributed by atoms with E-state index in [9.17, 15) is 4.79 Å². The topological polar surface area (TPSA) is 68.8 Å². The number of carbonyl (C=O) groups excluding carboxylic acids is 1. The molecule has 6 nitrogen and oxygen atoms in total. The van der Waals surface area contributed by atoms with Crippen LogP contribution in [0.1, 0.15) is 60.9 Å². The molecule has 0 atom stereocenters. The lowest BCUT2D eigenvalue weighted by Crippen LogP contribution is -2.49. The normalized spacial score (nSPS) is 18.8. The Labute approximate surface area is 205 Å². The molecule has 31 heavy (non-hydrogen) atoms. The Morgan fingerprint density at radius 2 is 1.87 bits per heavy atom. The van der Waals surface area contributed by atoms with Crippen molar-refractivity contribution in [1.29, 1.82) is 0 Å². The number of nitrogens with zero attached hydrogens (tertiary/aromatic N) is 2. The van der Waals surface area contributed by atoms with Crippen LogP contribution in [-0.2, 0) is 6.42 Å². The zero-order chi connectivity index (χ0) is 21.2. The molecular formula is C24H40IN5O. The number of halogens is 1. The van der Waals surface area contributed by atoms with E-state index < -0.39 is 0 Å². The maximum Gasteiger partial charge on any atom is 0.251 e. The van der Waals surface area contributed by atoms with Crippen LogP contribution in [0, 0.1) is 5.92 Å². The molecule has 3 N–H and O–H groups in total. The lowest BCUT2D eigenvalue weighted by Gasteiger charge is -2.36. The van der Waals surface area contributed by atoms with Crippen LogP contribution in [0.2, 0.25) is 0 Å². The summed E-state index contributed by atoms with van der Waals surface area (Å²) in [4.78, 5) is 18.9. The van der Waals surface area contributed by atoms with Crippen molar-refractivity contribution < 1.29 is 4.79 Å². The molecule has 2 fully saturated rings. The smallest absolute Gasteiger partial charge is 0.251 e. The van der Waals surface area contributed by atoms with Crippen LogP contribution in [0.15, 0.2) is 29.3 Å². The molecular weight excluding hydrogens is 501 g/mol. The van der Waals surface area contributed by atoms with Crippen LogP contribution in [0.3, 0.4) is 0 Å². The Hall–Kier alpha value is -1.35. The van der Waals surface area contributed by atoms with Gasteiger partial charge in [-0.25, -0.2) is 0 Å². The molecule has 1 heterocycles. The molecule has 1 saturated heterocycles. The number of rotatable bonds is 7. The van der Waals surface area contributed by atoms with Crippen molar-refractivity contribution in [1.82, 2.24) is 20.9 Å². The molecule has 174 valence electrons. The van der Waals surface area contributed by atoms with E-state index in [1.165, 1.54) is 64.6 Å². The highest BCUT2D eigenvalue weighted by Gasteiger charge is 2.23. The van der Waals surface area contributed by atoms with Gasteiger partial charge in [0.15, 0.2) is 5.96 Å². The molecule has 0 spiro atoms. The summed E-state index contributed by atoms with van der Waals surface area (Å²) in [5.41, 5.74) is 1.85. The van der Waals surface area contributed by atoms with Gasteiger partial charge in [0.25, 0.3) is 5.91 Å². The van der Waals surface area contributed by atoms with Gasteiger partial charge >= 0.3 is 0 Å². The van der Waals surface area contributed by atoms with Crippen molar-refractivity contribution in [2.75, 3.05) is 40.3 Å². The minimum Gasteiger partial charge on any atom is -0.356 e. The summed E-state index contributed by atoms with van der Waals surface area (Å²) >= 11 is 0. The molecule has 1 aromatic rings. The van der Waals surface area contributed by atoms with Crippen LogP contribution in [0.4, 0.5) is 0 Å². The van der Waals surface area contributed by atoms with Gasteiger partial charge in [-0.05, 0) is 55.7 Å². The average molecular weight is 542 g/mol. The van der Waals surface area contributed by atoms with E-state index in [2.05, 4.69) is 31.9 Å². The summed E-state index contributed by atoms with van der Waals surface area (Å²) in [7, 11) is 3.49. The van der Waals surface area contributed by atoms with E-state index >= 15 is 0 Å². The summed E-state index contributed by atoms with van der Waals surface area (Å²) in [5.74, 6) is 1.76. The van der Waals surface area contributed by atoms with Crippen molar-refractivity contribution in [3.63, 3.8) is 0 Å². The second-order valence-corrected chi connectivity index (χ2v) is 8.75. The molecule has 1 saturated carbocycles. The molecule has 0 aromatic heterocycles. The number of benzene rings is 1. The zero-order valence-corrected chi connectivity index (χ0v) is 21.5. The first-order chi connectivity index (χ1) is 14.7. The summed E-state index contributed by atoms with van der Waals surface area (Å²) < 4.78 is 0. The van der Waals surface area contributed by atoms with Crippen molar-refractivity contribution >= 4 is 35.8 Å². The fraction of sp³-hybridized carbons (Fsp3) is 0.667. The fourth-order valence-electron chi connectivity index (χ4n) is 4.72. The molecule has 2 aliphatic rings. The highest BCUT2D eigenvalue weighted by Crippen LogP contribution is 2.25. The number of piperidine rings is 1. The SMILES string of the molecule is CN=C(NCCc1cccc(C(=O)NC)c1)NC1CCN(CC2CCCCC2)CC1.I. The molecule has 0 unspecified atom stereocenters. The van der Waals surface area contributed by atoms with E-state index in [-0.39, 0.29) is 29.9 Å². The maximum atomic E-state index is 11.8. The van der Waals surface area contributed by atoms with Gasteiger partial charge in [-0.15, -0.1) is 24.0 Å². The van der Waals surface area contributed by atoms with Crippen LogP contribution in [0.25, 0.3) is 0 Å². The van der Waals surface area contributed by atoms with Crippen molar-refractivity contribution in [3.05, 3.63) is 35.4 Å². The third-order valence-corrected chi connectivity index (χ3v) is 6.52. The number of guanidine groups is 1. The first kappa shape index (κ1) is 25.9. The van der Waals surface area contributed by atoms with Crippen LogP contribution < -0.4 is 16.0 Å². The predicted molar refractivity (Wildman–Crippen MR) is 139 cm³/mol. The first-order valence-electron chi connectivity index (χ1n) is 11.7. The molecule has 3 rings (SSSR count). The second-order valence-electron chi connectivity index (χ2n) is 8.75. The molecule has 7 heteroatoms. The molecule has 0 radical (unpaired) electrons. The van der Waals surface area contributed by atoms with Gasteiger partial charge in [0, 0.05) is 51.9 Å². The van der Waals surface area contributed by atoms with Gasteiger partial charge in [0.2, 0.25) is 0 Å². The number of amides is 1. The zero-order valence-electron chi connectivity index (χ0n) is 19.2. The van der Waals surface area contributed by atoms with Gasteiger partial charge in [-0.1, -0.05) is 31.4 Å². The Bertz CT molecular complexity index is 697. The second kappa shape index (κ2) is 13.9. The van der Waals surface area contributed by atoms with Crippen LogP contribution >= 0.6 is 24.0 Å². The summed E-state index contributed by atoms with van der Waals surface area (Å²) in [6.07, 6.45) is 10.4. The summed E-state index contributed by atoms with van der Waals surface area (Å²) in [6.45, 7) is 4.47. The Morgan fingerprint density at radius 3 is 2.55 bits per heavy atom. The van der Waals surface area contributed by atoms with Gasteiger partial charge in [0.1, 0.15) is 0 Å². The quantitative estimate of drug-likeness (QED) is 0.281. The van der Waals surface area contributed by atoms with Gasteiger partial charge in [0.05, 0.1) is 0 Å². The van der Waals surface area contributed by atoms with Crippen LogP contribution in [-0.4, -0.2) is 63.1 Å². The Balaban J connectivity index is 0.00000341. The Morgan fingerprint density at radius 1 is 1.13 bits per heavy atom. The highest BCUT2D eigenvalue weighted by atomic mass is 127. The van der Waals surface area contributed by atoms with Crippen molar-refractivity contribution in [2.24, 2.45) is 10.9 Å².